The molecule has 1 amide bonds. The van der Waals surface area contributed by atoms with E-state index < -0.39 is 5.92 Å². The molecule has 106 valence electrons. The highest BCUT2D eigenvalue weighted by Gasteiger charge is 2.29. The SMILES string of the molecule is COCC(COC)C(C(=O)NN)c1cccc(Br)c1. The van der Waals surface area contributed by atoms with Gasteiger partial charge in [-0.2, -0.15) is 0 Å². The fraction of sp³-hybridized carbons (Fsp3) is 0.462. The average molecular weight is 331 g/mol. The van der Waals surface area contributed by atoms with Gasteiger partial charge in [-0.15, -0.1) is 0 Å². The fourth-order valence-electron chi connectivity index (χ4n) is 2.10. The van der Waals surface area contributed by atoms with Crippen molar-refractivity contribution in [2.75, 3.05) is 27.4 Å². The highest BCUT2D eigenvalue weighted by molar-refractivity contribution is 9.10. The third-order valence-corrected chi connectivity index (χ3v) is 3.36. The van der Waals surface area contributed by atoms with Gasteiger partial charge in [0.15, 0.2) is 0 Å². The van der Waals surface area contributed by atoms with Crippen LogP contribution >= 0.6 is 15.9 Å². The maximum atomic E-state index is 12.1. The fourth-order valence-corrected chi connectivity index (χ4v) is 2.51. The molecule has 0 aliphatic rings. The molecule has 3 N–H and O–H groups in total. The predicted molar refractivity (Wildman–Crippen MR) is 76.5 cm³/mol. The van der Waals surface area contributed by atoms with Gasteiger partial charge in [0, 0.05) is 24.6 Å². The summed E-state index contributed by atoms with van der Waals surface area (Å²) >= 11 is 3.40. The van der Waals surface area contributed by atoms with Crippen molar-refractivity contribution in [2.24, 2.45) is 11.8 Å². The van der Waals surface area contributed by atoms with Crippen LogP contribution in [0.25, 0.3) is 0 Å². The molecule has 5 nitrogen and oxygen atoms in total. The molecule has 0 heterocycles. The first-order valence-corrected chi connectivity index (χ1v) is 6.67. The zero-order chi connectivity index (χ0) is 14.3. The summed E-state index contributed by atoms with van der Waals surface area (Å²) in [6.45, 7) is 0.830. The lowest BCUT2D eigenvalue weighted by Gasteiger charge is -2.25. The molecule has 1 atom stereocenters. The minimum atomic E-state index is -0.414. The largest absolute Gasteiger partial charge is 0.384 e. The van der Waals surface area contributed by atoms with Gasteiger partial charge < -0.3 is 9.47 Å². The molecular weight excluding hydrogens is 312 g/mol. The number of rotatable bonds is 7. The van der Waals surface area contributed by atoms with Crippen molar-refractivity contribution in [2.45, 2.75) is 5.92 Å². The van der Waals surface area contributed by atoms with Gasteiger partial charge in [-0.3, -0.25) is 10.2 Å². The van der Waals surface area contributed by atoms with Crippen LogP contribution in [0.2, 0.25) is 0 Å². The lowest BCUT2D eigenvalue weighted by molar-refractivity contribution is -0.125. The molecule has 0 spiro atoms. The molecule has 0 bridgehead atoms. The molecule has 19 heavy (non-hydrogen) atoms. The van der Waals surface area contributed by atoms with E-state index in [2.05, 4.69) is 21.4 Å². The van der Waals surface area contributed by atoms with Crippen molar-refractivity contribution >= 4 is 21.8 Å². The Morgan fingerprint density at radius 1 is 1.37 bits per heavy atom. The van der Waals surface area contributed by atoms with Gasteiger partial charge >= 0.3 is 0 Å². The number of ether oxygens (including phenoxy) is 2. The quantitative estimate of drug-likeness (QED) is 0.450. The van der Waals surface area contributed by atoms with E-state index in [0.717, 1.165) is 10.0 Å². The number of carbonyl (C=O) groups excluding carboxylic acids is 1. The summed E-state index contributed by atoms with van der Waals surface area (Å²) in [7, 11) is 3.20. The number of hydrogen-bond acceptors (Lipinski definition) is 4. The van der Waals surface area contributed by atoms with Gasteiger partial charge in [0.2, 0.25) is 5.91 Å². The number of hydrazine groups is 1. The zero-order valence-corrected chi connectivity index (χ0v) is 12.6. The minimum absolute atomic E-state index is 0.104. The highest BCUT2D eigenvalue weighted by atomic mass is 79.9. The highest BCUT2D eigenvalue weighted by Crippen LogP contribution is 2.28. The monoisotopic (exact) mass is 330 g/mol. The molecule has 0 radical (unpaired) electrons. The summed E-state index contributed by atoms with van der Waals surface area (Å²) in [6.07, 6.45) is 0. The van der Waals surface area contributed by atoms with Crippen LogP contribution in [0.1, 0.15) is 11.5 Å². The number of benzene rings is 1. The molecule has 1 aromatic carbocycles. The van der Waals surface area contributed by atoms with Crippen LogP contribution in [0.5, 0.6) is 0 Å². The van der Waals surface area contributed by atoms with Crippen LogP contribution in [0, 0.1) is 5.92 Å². The molecule has 1 aromatic rings. The Morgan fingerprint density at radius 2 is 2.00 bits per heavy atom. The van der Waals surface area contributed by atoms with E-state index >= 15 is 0 Å². The van der Waals surface area contributed by atoms with Crippen molar-refractivity contribution in [1.82, 2.24) is 5.43 Å². The molecule has 0 aliphatic heterocycles. The summed E-state index contributed by atoms with van der Waals surface area (Å²) in [4.78, 5) is 12.1. The topological polar surface area (TPSA) is 73.6 Å². The van der Waals surface area contributed by atoms with Gasteiger partial charge in [-0.25, -0.2) is 5.84 Å². The third kappa shape index (κ3) is 4.58. The summed E-state index contributed by atoms with van der Waals surface area (Å²) in [6, 6.07) is 7.58. The first-order valence-electron chi connectivity index (χ1n) is 5.87. The Balaban J connectivity index is 3.08. The van der Waals surface area contributed by atoms with Crippen molar-refractivity contribution in [3.05, 3.63) is 34.3 Å². The van der Waals surface area contributed by atoms with Crippen LogP contribution in [0.4, 0.5) is 0 Å². The van der Waals surface area contributed by atoms with Crippen LogP contribution < -0.4 is 11.3 Å². The smallest absolute Gasteiger partial charge is 0.241 e. The number of carbonyl (C=O) groups is 1. The first-order chi connectivity index (χ1) is 9.13. The van der Waals surface area contributed by atoms with E-state index in [1.165, 1.54) is 0 Å². The maximum Gasteiger partial charge on any atom is 0.241 e. The normalized spacial score (nSPS) is 12.5. The second-order valence-corrected chi connectivity index (χ2v) is 5.13. The third-order valence-electron chi connectivity index (χ3n) is 2.87. The molecule has 0 aromatic heterocycles. The Kier molecular flexibility index (Phi) is 7.01. The van der Waals surface area contributed by atoms with E-state index in [-0.39, 0.29) is 11.8 Å². The van der Waals surface area contributed by atoms with Crippen molar-refractivity contribution in [3.63, 3.8) is 0 Å². The second kappa shape index (κ2) is 8.27. The van der Waals surface area contributed by atoms with Gasteiger partial charge in [-0.1, -0.05) is 28.1 Å². The van der Waals surface area contributed by atoms with Gasteiger partial charge in [-0.05, 0) is 17.7 Å². The van der Waals surface area contributed by atoms with E-state index in [1.807, 2.05) is 24.3 Å². The summed E-state index contributed by atoms with van der Waals surface area (Å²) < 4.78 is 11.3. The van der Waals surface area contributed by atoms with Gasteiger partial charge in [0.25, 0.3) is 0 Å². The summed E-state index contributed by atoms with van der Waals surface area (Å²) in [5.74, 6) is 4.51. The molecule has 1 rings (SSSR count). The van der Waals surface area contributed by atoms with Crippen LogP contribution in [0.3, 0.4) is 0 Å². The molecule has 1 unspecified atom stereocenters. The number of nitrogens with one attached hydrogen (secondary N) is 1. The Bertz CT molecular complexity index is 409. The molecule has 0 saturated heterocycles. The lowest BCUT2D eigenvalue weighted by atomic mass is 9.86. The van der Waals surface area contributed by atoms with Gasteiger partial charge in [0.1, 0.15) is 0 Å². The maximum absolute atomic E-state index is 12.1. The Labute approximate surface area is 121 Å². The number of amides is 1. The Hall–Kier alpha value is -0.950. The second-order valence-electron chi connectivity index (χ2n) is 4.21. The number of halogens is 1. The molecule has 0 fully saturated rings. The predicted octanol–water partition coefficient (Wildman–Crippen LogP) is 1.43. The van der Waals surface area contributed by atoms with Crippen molar-refractivity contribution in [1.29, 1.82) is 0 Å². The van der Waals surface area contributed by atoms with E-state index in [9.17, 15) is 4.79 Å². The van der Waals surface area contributed by atoms with Crippen LogP contribution in [0.15, 0.2) is 28.7 Å². The number of methoxy groups -OCH3 is 2. The van der Waals surface area contributed by atoms with E-state index in [4.69, 9.17) is 15.3 Å². The number of hydrogen-bond donors (Lipinski definition) is 2. The van der Waals surface area contributed by atoms with Crippen molar-refractivity contribution < 1.29 is 14.3 Å². The van der Waals surface area contributed by atoms with Gasteiger partial charge in [0.05, 0.1) is 19.1 Å². The minimum Gasteiger partial charge on any atom is -0.384 e. The van der Waals surface area contributed by atoms with Crippen LogP contribution in [-0.4, -0.2) is 33.3 Å². The average Bonchev–Trinajstić information content (AvgIpc) is 2.39. The first kappa shape index (κ1) is 16.1. The van der Waals surface area contributed by atoms with E-state index in [1.54, 1.807) is 14.2 Å². The Morgan fingerprint density at radius 3 is 2.47 bits per heavy atom. The van der Waals surface area contributed by atoms with E-state index in [0.29, 0.717) is 13.2 Å². The lowest BCUT2D eigenvalue weighted by Crippen LogP contribution is -2.40. The summed E-state index contributed by atoms with van der Waals surface area (Å²) in [5, 5.41) is 0. The van der Waals surface area contributed by atoms with Crippen LogP contribution in [-0.2, 0) is 14.3 Å². The standard InChI is InChI=1S/C13H19BrN2O3/c1-18-7-10(8-19-2)12(13(17)16-15)9-4-3-5-11(14)6-9/h3-6,10,12H,7-8,15H2,1-2H3,(H,16,17). The van der Waals surface area contributed by atoms with Crippen molar-refractivity contribution in [3.8, 4) is 0 Å². The number of nitrogens with two attached hydrogens (primary N) is 1. The summed E-state index contributed by atoms with van der Waals surface area (Å²) in [5.41, 5.74) is 3.09. The zero-order valence-electron chi connectivity index (χ0n) is 11.1. The molecule has 0 saturated carbocycles. The molecule has 0 aliphatic carbocycles. The molecular formula is C13H19BrN2O3. The molecule has 6 heteroatoms.